The summed E-state index contributed by atoms with van der Waals surface area (Å²) in [6.07, 6.45) is -1.01. The summed E-state index contributed by atoms with van der Waals surface area (Å²) >= 11 is 0. The number of amides is 1. The highest BCUT2D eigenvalue weighted by Gasteiger charge is 2.30. The normalized spacial score (nSPS) is 13.5. The highest BCUT2D eigenvalue weighted by molar-refractivity contribution is 5.92. The van der Waals surface area contributed by atoms with E-state index in [0.29, 0.717) is 5.69 Å². The van der Waals surface area contributed by atoms with Crippen molar-refractivity contribution in [2.24, 2.45) is 0 Å². The number of carbonyl (C=O) groups excluding carboxylic acids is 1. The summed E-state index contributed by atoms with van der Waals surface area (Å²) in [4.78, 5) is 22.3. The molecule has 0 spiro atoms. The maximum atomic E-state index is 12.9. The minimum absolute atomic E-state index is 0.0660. The van der Waals surface area contributed by atoms with Crippen molar-refractivity contribution in [3.63, 3.8) is 0 Å². The van der Waals surface area contributed by atoms with Crippen LogP contribution in [0.2, 0.25) is 0 Å². The number of nitriles is 1. The Morgan fingerprint density at radius 2 is 2.19 bits per heavy atom. The Hall–Kier alpha value is -3.35. The molecule has 0 radical (unpaired) electrons. The van der Waals surface area contributed by atoms with Crippen molar-refractivity contribution >= 4 is 17.3 Å². The fourth-order valence-electron chi connectivity index (χ4n) is 2.57. The first-order valence-corrected chi connectivity index (χ1v) is 7.73. The molecule has 0 bridgehead atoms. The number of hydrogen-bond donors (Lipinski definition) is 1. The van der Waals surface area contributed by atoms with Crippen molar-refractivity contribution in [1.29, 1.82) is 5.26 Å². The van der Waals surface area contributed by atoms with Gasteiger partial charge in [0.2, 0.25) is 5.91 Å². The lowest BCUT2D eigenvalue weighted by Crippen LogP contribution is -2.21. The minimum atomic E-state index is -2.73. The van der Waals surface area contributed by atoms with Gasteiger partial charge in [0.15, 0.2) is 0 Å². The molecule has 0 atom stereocenters. The van der Waals surface area contributed by atoms with Crippen molar-refractivity contribution in [2.45, 2.75) is 31.7 Å². The molecule has 1 aliphatic rings. The van der Waals surface area contributed by atoms with Gasteiger partial charge in [0.1, 0.15) is 18.3 Å². The fraction of sp³-hybridized carbons (Fsp3) is 0.312. The lowest BCUT2D eigenvalue weighted by molar-refractivity contribution is -0.384. The molecule has 26 heavy (non-hydrogen) atoms. The number of halogens is 2. The van der Waals surface area contributed by atoms with Crippen molar-refractivity contribution < 1.29 is 18.5 Å². The van der Waals surface area contributed by atoms with Gasteiger partial charge in [-0.25, -0.2) is 8.78 Å². The van der Waals surface area contributed by atoms with Crippen molar-refractivity contribution in [3.8, 4) is 6.07 Å². The van der Waals surface area contributed by atoms with Gasteiger partial charge in [-0.05, 0) is 25.0 Å². The number of nitrogens with zero attached hydrogens (tertiary/aromatic N) is 4. The van der Waals surface area contributed by atoms with Crippen LogP contribution in [-0.4, -0.2) is 20.6 Å². The largest absolute Gasteiger partial charge is 0.323 e. The quantitative estimate of drug-likeness (QED) is 0.627. The second kappa shape index (κ2) is 6.87. The number of carbonyl (C=O) groups is 1. The zero-order valence-electron chi connectivity index (χ0n) is 13.4. The molecule has 134 valence electrons. The van der Waals surface area contributed by atoms with Gasteiger partial charge < -0.3 is 5.32 Å². The zero-order valence-corrected chi connectivity index (χ0v) is 13.4. The molecule has 0 unspecified atom stereocenters. The third kappa shape index (κ3) is 3.66. The number of hydrogen-bond acceptors (Lipinski definition) is 5. The van der Waals surface area contributed by atoms with Gasteiger partial charge in [0.05, 0.1) is 16.2 Å². The van der Waals surface area contributed by atoms with Gasteiger partial charge >= 0.3 is 0 Å². The van der Waals surface area contributed by atoms with Crippen LogP contribution in [0.25, 0.3) is 0 Å². The lowest BCUT2D eigenvalue weighted by atomic mass is 10.1. The maximum Gasteiger partial charge on any atom is 0.282 e. The highest BCUT2D eigenvalue weighted by atomic mass is 19.3. The molecule has 0 saturated heterocycles. The number of nitro benzene ring substituents is 1. The van der Waals surface area contributed by atoms with Gasteiger partial charge in [0.25, 0.3) is 12.1 Å². The molecular formula is C16H13F2N5O3. The summed E-state index contributed by atoms with van der Waals surface area (Å²) in [7, 11) is 0. The van der Waals surface area contributed by atoms with Crippen LogP contribution in [0.5, 0.6) is 0 Å². The van der Waals surface area contributed by atoms with Crippen LogP contribution in [0.15, 0.2) is 24.3 Å². The maximum absolute atomic E-state index is 12.9. The van der Waals surface area contributed by atoms with Crippen LogP contribution in [0.4, 0.5) is 20.2 Å². The Kier molecular flexibility index (Phi) is 4.62. The summed E-state index contributed by atoms with van der Waals surface area (Å²) in [5.41, 5.74) is -0.0300. The third-order valence-electron chi connectivity index (χ3n) is 3.95. The summed E-state index contributed by atoms with van der Waals surface area (Å²) in [5.74, 6) is -0.446. The second-order valence-electron chi connectivity index (χ2n) is 5.87. The van der Waals surface area contributed by atoms with E-state index >= 15 is 0 Å². The second-order valence-corrected chi connectivity index (χ2v) is 5.87. The molecule has 1 aliphatic carbocycles. The lowest BCUT2D eigenvalue weighted by Gasteiger charge is -2.09. The average Bonchev–Trinajstić information content (AvgIpc) is 3.35. The molecule has 10 heteroatoms. The number of non-ortho nitro benzene ring substituents is 1. The minimum Gasteiger partial charge on any atom is -0.323 e. The van der Waals surface area contributed by atoms with E-state index < -0.39 is 17.3 Å². The fourth-order valence-corrected chi connectivity index (χ4v) is 2.57. The van der Waals surface area contributed by atoms with E-state index in [4.69, 9.17) is 5.26 Å². The Balaban J connectivity index is 1.78. The molecule has 1 aromatic carbocycles. The topological polar surface area (TPSA) is 114 Å². The summed E-state index contributed by atoms with van der Waals surface area (Å²) in [6, 6.07) is 6.55. The van der Waals surface area contributed by atoms with Crippen LogP contribution in [-0.2, 0) is 11.3 Å². The number of nitrogens with one attached hydrogen (secondary N) is 1. The van der Waals surface area contributed by atoms with Crippen molar-refractivity contribution in [2.75, 3.05) is 5.32 Å². The van der Waals surface area contributed by atoms with Crippen molar-refractivity contribution in [3.05, 3.63) is 51.3 Å². The van der Waals surface area contributed by atoms with Crippen LogP contribution >= 0.6 is 0 Å². The molecule has 2 aromatic rings. The Morgan fingerprint density at radius 3 is 2.77 bits per heavy atom. The number of anilines is 1. The SMILES string of the molecule is N#Cc1cc([N+](=O)[O-])ccc1NC(=O)Cn1nc(C(F)F)cc1C1CC1. The van der Waals surface area contributed by atoms with E-state index in [9.17, 15) is 23.7 Å². The third-order valence-corrected chi connectivity index (χ3v) is 3.95. The van der Waals surface area contributed by atoms with Gasteiger partial charge in [-0.15, -0.1) is 0 Å². The zero-order chi connectivity index (χ0) is 18.8. The van der Waals surface area contributed by atoms with E-state index in [-0.39, 0.29) is 35.1 Å². The standard InChI is InChI=1S/C16H13F2N5O3/c17-16(18)13-6-14(9-1-2-9)22(21-13)8-15(24)20-12-4-3-11(23(25)26)5-10(12)7-19/h3-6,9,16H,1-2,8H2,(H,20,24). The number of benzene rings is 1. The summed E-state index contributed by atoms with van der Waals surface area (Å²) < 4.78 is 27.0. The molecule has 1 fully saturated rings. The molecule has 1 amide bonds. The number of nitro groups is 1. The summed E-state index contributed by atoms with van der Waals surface area (Å²) in [6.45, 7) is -0.291. The molecule has 1 N–H and O–H groups in total. The predicted octanol–water partition coefficient (Wildman–Crippen LogP) is 3.12. The predicted molar refractivity (Wildman–Crippen MR) is 85.6 cm³/mol. The monoisotopic (exact) mass is 361 g/mol. The van der Waals surface area contributed by atoms with Crippen LogP contribution in [0.1, 0.15) is 42.1 Å². The Labute approximate surface area is 146 Å². The van der Waals surface area contributed by atoms with Crippen molar-refractivity contribution in [1.82, 2.24) is 9.78 Å². The average molecular weight is 361 g/mol. The first-order chi connectivity index (χ1) is 12.4. The van der Waals surface area contributed by atoms with Gasteiger partial charge in [0, 0.05) is 23.7 Å². The molecule has 1 aromatic heterocycles. The van der Waals surface area contributed by atoms with E-state index in [1.807, 2.05) is 0 Å². The molecule has 0 aliphatic heterocycles. The highest BCUT2D eigenvalue weighted by Crippen LogP contribution is 2.41. The van der Waals surface area contributed by atoms with Gasteiger partial charge in [-0.3, -0.25) is 19.6 Å². The van der Waals surface area contributed by atoms with Gasteiger partial charge in [-0.2, -0.15) is 10.4 Å². The first kappa shape index (κ1) is 17.5. The van der Waals surface area contributed by atoms with Gasteiger partial charge in [-0.1, -0.05) is 0 Å². The number of rotatable bonds is 6. The Morgan fingerprint density at radius 1 is 1.46 bits per heavy atom. The summed E-state index contributed by atoms with van der Waals surface area (Å²) in [5, 5.41) is 26.1. The van der Waals surface area contributed by atoms with Crippen LogP contribution in [0, 0.1) is 21.4 Å². The Bertz CT molecular complexity index is 915. The number of alkyl halides is 2. The van der Waals surface area contributed by atoms with E-state index in [0.717, 1.165) is 25.0 Å². The molecule has 3 rings (SSSR count). The smallest absolute Gasteiger partial charge is 0.282 e. The first-order valence-electron chi connectivity index (χ1n) is 7.73. The van der Waals surface area contributed by atoms with Crippen LogP contribution in [0.3, 0.4) is 0 Å². The van der Waals surface area contributed by atoms with E-state index in [2.05, 4.69) is 10.4 Å². The molecule has 8 nitrogen and oxygen atoms in total. The molecular weight excluding hydrogens is 348 g/mol. The van der Waals surface area contributed by atoms with E-state index in [1.165, 1.54) is 16.8 Å². The molecule has 1 saturated carbocycles. The molecule has 1 heterocycles. The number of aromatic nitrogens is 2. The van der Waals surface area contributed by atoms with Crippen LogP contribution < -0.4 is 5.32 Å². The van der Waals surface area contributed by atoms with E-state index in [1.54, 1.807) is 6.07 Å².